The van der Waals surface area contributed by atoms with E-state index < -0.39 is 0 Å². The van der Waals surface area contributed by atoms with Crippen molar-refractivity contribution in [3.05, 3.63) is 28.2 Å². The zero-order chi connectivity index (χ0) is 9.97. The fourth-order valence-electron chi connectivity index (χ4n) is 1.51. The normalized spacial score (nSPS) is 26.4. The molecule has 2 nitrogen and oxygen atoms in total. The maximum absolute atomic E-state index is 4.05. The largest absolute Gasteiger partial charge is 0.144 e. The molecule has 0 amide bonds. The zero-order valence-electron chi connectivity index (χ0n) is 8.47. The first-order chi connectivity index (χ1) is 6.79. The molecule has 1 aliphatic rings. The molecule has 1 aromatic rings. The molecule has 1 aromatic heterocycles. The Kier molecular flexibility index (Phi) is 2.77. The van der Waals surface area contributed by atoms with Crippen LogP contribution >= 0.6 is 11.3 Å². The molecule has 0 radical (unpaired) electrons. The maximum Gasteiger partial charge on any atom is 0.140 e. The van der Waals surface area contributed by atoms with Crippen molar-refractivity contribution in [3.63, 3.8) is 0 Å². The molecule has 1 heterocycles. The molecule has 2 unspecified atom stereocenters. The van der Waals surface area contributed by atoms with Gasteiger partial charge in [0.1, 0.15) is 10.0 Å². The molecule has 2 rings (SSSR count). The molecule has 74 valence electrons. The highest BCUT2D eigenvalue weighted by molar-refractivity contribution is 7.12. The van der Waals surface area contributed by atoms with Gasteiger partial charge in [-0.2, -0.15) is 0 Å². The number of nitrogens with zero attached hydrogens (tertiary/aromatic N) is 2. The van der Waals surface area contributed by atoms with E-state index in [4.69, 9.17) is 0 Å². The lowest BCUT2D eigenvalue weighted by Crippen LogP contribution is -1.73. The van der Waals surface area contributed by atoms with Crippen LogP contribution in [0.4, 0.5) is 0 Å². The molecule has 0 saturated heterocycles. The van der Waals surface area contributed by atoms with Crippen LogP contribution in [0.25, 0.3) is 6.08 Å². The van der Waals surface area contributed by atoms with Gasteiger partial charge in [-0.3, -0.25) is 0 Å². The van der Waals surface area contributed by atoms with Gasteiger partial charge in [0.15, 0.2) is 0 Å². The third kappa shape index (κ3) is 2.29. The molecule has 0 spiro atoms. The Bertz CT molecular complexity index is 365. The van der Waals surface area contributed by atoms with E-state index in [1.807, 2.05) is 6.92 Å². The quantitative estimate of drug-likeness (QED) is 0.710. The third-order valence-electron chi connectivity index (χ3n) is 2.36. The van der Waals surface area contributed by atoms with Gasteiger partial charge in [0, 0.05) is 0 Å². The van der Waals surface area contributed by atoms with Crippen molar-refractivity contribution in [2.45, 2.75) is 20.3 Å². The smallest absolute Gasteiger partial charge is 0.140 e. The number of aromatic nitrogens is 2. The summed E-state index contributed by atoms with van der Waals surface area (Å²) in [7, 11) is 0. The van der Waals surface area contributed by atoms with Crippen LogP contribution < -0.4 is 0 Å². The van der Waals surface area contributed by atoms with E-state index in [-0.39, 0.29) is 0 Å². The Morgan fingerprint density at radius 1 is 1.29 bits per heavy atom. The lowest BCUT2D eigenvalue weighted by atomic mass is 10.3. The minimum Gasteiger partial charge on any atom is -0.144 e. The summed E-state index contributed by atoms with van der Waals surface area (Å²) >= 11 is 1.65. The minimum atomic E-state index is 0.732. The highest BCUT2D eigenvalue weighted by atomic mass is 32.1. The van der Waals surface area contributed by atoms with Gasteiger partial charge < -0.3 is 0 Å². The van der Waals surface area contributed by atoms with E-state index in [0.717, 1.165) is 21.9 Å². The van der Waals surface area contributed by atoms with Crippen LogP contribution in [0.3, 0.4) is 0 Å². The van der Waals surface area contributed by atoms with Gasteiger partial charge in [0.25, 0.3) is 0 Å². The molecule has 0 aliphatic heterocycles. The summed E-state index contributed by atoms with van der Waals surface area (Å²) in [6.07, 6.45) is 10.1. The standard InChI is InChI=1S/C11H14N2S/c1-3-4-9-7-10(9)5-6-11-13-12-8(2)14-11/h3-6,9-10H,7H2,1-2H3/b4-3-,6-5+. The summed E-state index contributed by atoms with van der Waals surface area (Å²) in [5, 5.41) is 10.1. The summed E-state index contributed by atoms with van der Waals surface area (Å²) in [6.45, 7) is 4.06. The zero-order valence-corrected chi connectivity index (χ0v) is 9.29. The fraction of sp³-hybridized carbons (Fsp3) is 0.455. The Morgan fingerprint density at radius 2 is 2.07 bits per heavy atom. The molecule has 1 aliphatic carbocycles. The summed E-state index contributed by atoms with van der Waals surface area (Å²) < 4.78 is 0. The highest BCUT2D eigenvalue weighted by Gasteiger charge is 2.31. The van der Waals surface area contributed by atoms with Crippen LogP contribution in [0.1, 0.15) is 23.4 Å². The first-order valence-electron chi connectivity index (χ1n) is 4.90. The van der Waals surface area contributed by atoms with Crippen LogP contribution in [0.15, 0.2) is 18.2 Å². The third-order valence-corrected chi connectivity index (χ3v) is 3.16. The fourth-order valence-corrected chi connectivity index (χ4v) is 2.12. The first kappa shape index (κ1) is 9.59. The van der Waals surface area contributed by atoms with Crippen molar-refractivity contribution in [1.29, 1.82) is 0 Å². The second-order valence-corrected chi connectivity index (χ2v) is 4.82. The lowest BCUT2D eigenvalue weighted by molar-refractivity contribution is 0.994. The van der Waals surface area contributed by atoms with Gasteiger partial charge in [-0.25, -0.2) is 0 Å². The molecule has 0 bridgehead atoms. The van der Waals surface area contributed by atoms with E-state index in [0.29, 0.717) is 0 Å². The van der Waals surface area contributed by atoms with Gasteiger partial charge in [0.05, 0.1) is 0 Å². The van der Waals surface area contributed by atoms with E-state index in [1.54, 1.807) is 11.3 Å². The van der Waals surface area contributed by atoms with Crippen molar-refractivity contribution in [3.8, 4) is 0 Å². The van der Waals surface area contributed by atoms with Crippen molar-refractivity contribution in [2.24, 2.45) is 11.8 Å². The van der Waals surface area contributed by atoms with Gasteiger partial charge in [-0.1, -0.05) is 29.6 Å². The number of aryl methyl sites for hydroxylation is 1. The number of rotatable bonds is 3. The van der Waals surface area contributed by atoms with E-state index in [9.17, 15) is 0 Å². The van der Waals surface area contributed by atoms with Gasteiger partial charge >= 0.3 is 0 Å². The summed E-state index contributed by atoms with van der Waals surface area (Å²) in [5.41, 5.74) is 0. The van der Waals surface area contributed by atoms with Gasteiger partial charge in [0.2, 0.25) is 0 Å². The second-order valence-electron chi connectivity index (χ2n) is 3.61. The predicted molar refractivity (Wildman–Crippen MR) is 60.1 cm³/mol. The Balaban J connectivity index is 1.90. The molecule has 14 heavy (non-hydrogen) atoms. The predicted octanol–water partition coefficient (Wildman–Crippen LogP) is 3.07. The summed E-state index contributed by atoms with van der Waals surface area (Å²) in [4.78, 5) is 0. The van der Waals surface area contributed by atoms with E-state index in [2.05, 4.69) is 41.4 Å². The second kappa shape index (κ2) is 4.05. The average molecular weight is 206 g/mol. The molecular formula is C11H14N2S. The Labute approximate surface area is 88.4 Å². The summed E-state index contributed by atoms with van der Waals surface area (Å²) in [5.74, 6) is 1.50. The monoisotopic (exact) mass is 206 g/mol. The Hall–Kier alpha value is -0.960. The van der Waals surface area contributed by atoms with Crippen molar-refractivity contribution < 1.29 is 0 Å². The average Bonchev–Trinajstić information content (AvgIpc) is 2.77. The molecule has 0 aromatic carbocycles. The van der Waals surface area contributed by atoms with Gasteiger partial charge in [-0.05, 0) is 38.2 Å². The van der Waals surface area contributed by atoms with Crippen molar-refractivity contribution in [1.82, 2.24) is 10.2 Å². The SMILES string of the molecule is C/C=C\C1CC1/C=C/c1nnc(C)s1. The summed E-state index contributed by atoms with van der Waals surface area (Å²) in [6, 6.07) is 0. The molecule has 1 saturated carbocycles. The molecule has 1 fully saturated rings. The molecule has 3 heteroatoms. The Morgan fingerprint density at radius 3 is 2.71 bits per heavy atom. The molecular weight excluding hydrogens is 192 g/mol. The van der Waals surface area contributed by atoms with Gasteiger partial charge in [-0.15, -0.1) is 10.2 Å². The first-order valence-corrected chi connectivity index (χ1v) is 5.72. The maximum atomic E-state index is 4.05. The van der Waals surface area contributed by atoms with Crippen molar-refractivity contribution in [2.75, 3.05) is 0 Å². The van der Waals surface area contributed by atoms with E-state index >= 15 is 0 Å². The number of hydrogen-bond donors (Lipinski definition) is 0. The van der Waals surface area contributed by atoms with E-state index in [1.165, 1.54) is 6.42 Å². The molecule has 0 N–H and O–H groups in total. The lowest BCUT2D eigenvalue weighted by Gasteiger charge is -1.83. The molecule has 2 atom stereocenters. The van der Waals surface area contributed by atoms with Crippen LogP contribution in [-0.4, -0.2) is 10.2 Å². The van der Waals surface area contributed by atoms with Crippen LogP contribution in [-0.2, 0) is 0 Å². The number of hydrogen-bond acceptors (Lipinski definition) is 3. The number of allylic oxidation sites excluding steroid dienone is 3. The van der Waals surface area contributed by atoms with Crippen LogP contribution in [0.5, 0.6) is 0 Å². The topological polar surface area (TPSA) is 25.8 Å². The highest BCUT2D eigenvalue weighted by Crippen LogP contribution is 2.41. The minimum absolute atomic E-state index is 0.732. The van der Waals surface area contributed by atoms with Crippen molar-refractivity contribution >= 4 is 17.4 Å². The van der Waals surface area contributed by atoms with Crippen LogP contribution in [0, 0.1) is 18.8 Å². The van der Waals surface area contributed by atoms with Crippen LogP contribution in [0.2, 0.25) is 0 Å².